The van der Waals surface area contributed by atoms with Crippen LogP contribution >= 0.6 is 33.9 Å². The molecule has 2 rings (SSSR count). The molecule has 0 aliphatic carbocycles. The number of nitrogens with zero attached hydrogens (tertiary/aromatic N) is 2. The van der Waals surface area contributed by atoms with Crippen molar-refractivity contribution in [3.05, 3.63) is 20.5 Å². The maximum Gasteiger partial charge on any atom is 0.195 e. The highest BCUT2D eigenvalue weighted by atomic mass is 127. The number of hydrogen-bond donors (Lipinski definition) is 0. The van der Waals surface area contributed by atoms with Gasteiger partial charge in [0.05, 0.1) is 16.2 Å². The number of fused-ring (bicyclic) bond motifs is 1. The standard InChI is InChI=1S/C10H13IN2OS/c1-6-8(11)13-5-7(10(2,3)14-4)15-9(13)12-6/h5H,1-4H3. The minimum Gasteiger partial charge on any atom is -0.373 e. The predicted molar refractivity (Wildman–Crippen MR) is 70.6 cm³/mol. The van der Waals surface area contributed by atoms with E-state index in [1.807, 2.05) is 6.92 Å². The zero-order valence-electron chi connectivity index (χ0n) is 9.17. The molecule has 0 radical (unpaired) electrons. The number of imidazole rings is 1. The maximum absolute atomic E-state index is 5.46. The van der Waals surface area contributed by atoms with Gasteiger partial charge in [0.2, 0.25) is 0 Å². The van der Waals surface area contributed by atoms with E-state index in [1.165, 1.54) is 8.58 Å². The van der Waals surface area contributed by atoms with Crippen LogP contribution in [0.25, 0.3) is 4.96 Å². The molecule has 0 aliphatic rings. The van der Waals surface area contributed by atoms with Crippen molar-refractivity contribution in [1.29, 1.82) is 0 Å². The van der Waals surface area contributed by atoms with Gasteiger partial charge in [-0.15, -0.1) is 0 Å². The van der Waals surface area contributed by atoms with Crippen molar-refractivity contribution in [2.24, 2.45) is 0 Å². The minimum atomic E-state index is -0.234. The molecule has 0 fully saturated rings. The van der Waals surface area contributed by atoms with Gasteiger partial charge in [-0.1, -0.05) is 11.3 Å². The molecule has 0 N–H and O–H groups in total. The molecule has 0 atom stereocenters. The van der Waals surface area contributed by atoms with Gasteiger partial charge in [-0.3, -0.25) is 4.40 Å². The van der Waals surface area contributed by atoms with E-state index < -0.39 is 0 Å². The van der Waals surface area contributed by atoms with Gasteiger partial charge in [-0.2, -0.15) is 0 Å². The summed E-state index contributed by atoms with van der Waals surface area (Å²) >= 11 is 4.00. The summed E-state index contributed by atoms with van der Waals surface area (Å²) in [5, 5.41) is 0. The van der Waals surface area contributed by atoms with Gasteiger partial charge in [0.15, 0.2) is 4.96 Å². The molecular weight excluding hydrogens is 323 g/mol. The Morgan fingerprint density at radius 1 is 1.53 bits per heavy atom. The highest BCUT2D eigenvalue weighted by Gasteiger charge is 2.23. The van der Waals surface area contributed by atoms with Crippen LogP contribution in [0.15, 0.2) is 6.20 Å². The fourth-order valence-electron chi connectivity index (χ4n) is 1.31. The normalized spacial score (nSPS) is 12.6. The lowest BCUT2D eigenvalue weighted by Gasteiger charge is -2.20. The monoisotopic (exact) mass is 336 g/mol. The average Bonchev–Trinajstić information content (AvgIpc) is 2.69. The Bertz CT molecular complexity index is 501. The third-order valence-corrected chi connectivity index (χ3v) is 5.12. The first kappa shape index (κ1) is 11.3. The summed E-state index contributed by atoms with van der Waals surface area (Å²) < 4.78 is 8.76. The number of ether oxygens (including phenoxy) is 1. The van der Waals surface area contributed by atoms with Gasteiger partial charge in [-0.25, -0.2) is 4.98 Å². The van der Waals surface area contributed by atoms with Crippen LogP contribution in [-0.2, 0) is 10.3 Å². The summed E-state index contributed by atoms with van der Waals surface area (Å²) in [5.74, 6) is 0. The van der Waals surface area contributed by atoms with Crippen molar-refractivity contribution in [3.63, 3.8) is 0 Å². The third kappa shape index (κ3) is 1.81. The lowest BCUT2D eigenvalue weighted by atomic mass is 10.1. The van der Waals surface area contributed by atoms with Crippen LogP contribution in [0.2, 0.25) is 0 Å². The fourth-order valence-corrected chi connectivity index (χ4v) is 3.07. The Labute approximate surface area is 107 Å². The summed E-state index contributed by atoms with van der Waals surface area (Å²) in [6.45, 7) is 6.17. The van der Waals surface area contributed by atoms with Crippen LogP contribution in [-0.4, -0.2) is 16.5 Å². The van der Waals surface area contributed by atoms with E-state index in [4.69, 9.17) is 4.74 Å². The second kappa shape index (κ2) is 3.71. The molecule has 3 nitrogen and oxygen atoms in total. The SMILES string of the molecule is COC(C)(C)c1cn2c(I)c(C)nc2s1. The molecule has 2 aromatic heterocycles. The lowest BCUT2D eigenvalue weighted by Crippen LogP contribution is -2.17. The molecule has 0 aromatic carbocycles. The van der Waals surface area contributed by atoms with E-state index in [2.05, 4.69) is 52.0 Å². The van der Waals surface area contributed by atoms with Gasteiger partial charge in [0.1, 0.15) is 3.70 Å². The first-order valence-electron chi connectivity index (χ1n) is 4.65. The molecule has 15 heavy (non-hydrogen) atoms. The number of methoxy groups -OCH3 is 1. The predicted octanol–water partition coefficient (Wildman–Crippen LogP) is 3.19. The second-order valence-corrected chi connectivity index (χ2v) is 5.98. The Morgan fingerprint density at radius 2 is 2.20 bits per heavy atom. The fraction of sp³-hybridized carbons (Fsp3) is 0.500. The molecule has 0 saturated carbocycles. The zero-order valence-corrected chi connectivity index (χ0v) is 12.1. The largest absolute Gasteiger partial charge is 0.373 e. The van der Waals surface area contributed by atoms with Crippen LogP contribution in [0.5, 0.6) is 0 Å². The number of hydrogen-bond acceptors (Lipinski definition) is 3. The summed E-state index contributed by atoms with van der Waals surface area (Å²) in [5.41, 5.74) is 0.853. The molecule has 0 aliphatic heterocycles. The van der Waals surface area contributed by atoms with Crippen molar-refractivity contribution < 1.29 is 4.74 Å². The number of aryl methyl sites for hydroxylation is 1. The Balaban J connectivity index is 2.58. The summed E-state index contributed by atoms with van der Waals surface area (Å²) in [6.07, 6.45) is 2.12. The van der Waals surface area contributed by atoms with E-state index in [1.54, 1.807) is 18.4 Å². The molecule has 2 heterocycles. The highest BCUT2D eigenvalue weighted by Crippen LogP contribution is 2.32. The Morgan fingerprint density at radius 3 is 2.73 bits per heavy atom. The minimum absolute atomic E-state index is 0.234. The van der Waals surface area contributed by atoms with Gasteiger partial charge in [0.25, 0.3) is 0 Å². The topological polar surface area (TPSA) is 26.5 Å². The van der Waals surface area contributed by atoms with E-state index in [0.29, 0.717) is 0 Å². The molecular formula is C10H13IN2OS. The van der Waals surface area contributed by atoms with Crippen molar-refractivity contribution in [2.45, 2.75) is 26.4 Å². The van der Waals surface area contributed by atoms with Gasteiger partial charge >= 0.3 is 0 Å². The first-order chi connectivity index (χ1) is 6.95. The summed E-state index contributed by atoms with van der Waals surface area (Å²) in [7, 11) is 1.73. The van der Waals surface area contributed by atoms with Gasteiger partial charge in [0, 0.05) is 13.3 Å². The van der Waals surface area contributed by atoms with Crippen LogP contribution < -0.4 is 0 Å². The maximum atomic E-state index is 5.46. The number of aromatic nitrogens is 2. The Kier molecular flexibility index (Phi) is 2.81. The van der Waals surface area contributed by atoms with E-state index in [-0.39, 0.29) is 5.60 Å². The van der Waals surface area contributed by atoms with Crippen molar-refractivity contribution in [1.82, 2.24) is 9.38 Å². The quantitative estimate of drug-likeness (QED) is 0.788. The zero-order chi connectivity index (χ0) is 11.2. The Hall–Kier alpha value is -0.140. The average molecular weight is 336 g/mol. The van der Waals surface area contributed by atoms with Crippen molar-refractivity contribution in [3.8, 4) is 0 Å². The molecule has 0 amide bonds. The third-order valence-electron chi connectivity index (χ3n) is 2.53. The van der Waals surface area contributed by atoms with E-state index >= 15 is 0 Å². The smallest absolute Gasteiger partial charge is 0.195 e. The molecule has 82 valence electrons. The van der Waals surface area contributed by atoms with Crippen molar-refractivity contribution >= 4 is 38.9 Å². The number of rotatable bonds is 2. The number of halogens is 1. The molecule has 0 spiro atoms. The molecule has 0 bridgehead atoms. The lowest BCUT2D eigenvalue weighted by molar-refractivity contribution is 0.0221. The van der Waals surface area contributed by atoms with Crippen LogP contribution in [0, 0.1) is 10.6 Å². The van der Waals surface area contributed by atoms with Crippen LogP contribution in [0.1, 0.15) is 24.4 Å². The van der Waals surface area contributed by atoms with Gasteiger partial charge in [-0.05, 0) is 43.4 Å². The van der Waals surface area contributed by atoms with Gasteiger partial charge < -0.3 is 4.74 Å². The molecule has 0 unspecified atom stereocenters. The summed E-state index contributed by atoms with van der Waals surface area (Å²) in [4.78, 5) is 6.74. The molecule has 0 saturated heterocycles. The van der Waals surface area contributed by atoms with E-state index in [9.17, 15) is 0 Å². The second-order valence-electron chi connectivity index (χ2n) is 3.95. The van der Waals surface area contributed by atoms with Crippen LogP contribution in [0.4, 0.5) is 0 Å². The highest BCUT2D eigenvalue weighted by molar-refractivity contribution is 14.1. The molecule has 2 aromatic rings. The first-order valence-corrected chi connectivity index (χ1v) is 6.55. The number of thiazole rings is 1. The van der Waals surface area contributed by atoms with Crippen LogP contribution in [0.3, 0.4) is 0 Å². The van der Waals surface area contributed by atoms with Crippen molar-refractivity contribution in [2.75, 3.05) is 7.11 Å². The van der Waals surface area contributed by atoms with E-state index in [0.717, 1.165) is 10.7 Å². The molecule has 5 heteroatoms. The summed E-state index contributed by atoms with van der Waals surface area (Å²) in [6, 6.07) is 0.